The highest BCUT2D eigenvalue weighted by atomic mass is 35.5. The number of carbonyl (C=O) groups is 2. The number of nitrogens with one attached hydrogen (secondary N) is 1. The largest absolute Gasteiger partial charge is 0.326 e. The minimum Gasteiger partial charge on any atom is -0.326 e. The van der Waals surface area contributed by atoms with Crippen LogP contribution >= 0.6 is 23.4 Å². The molecule has 0 spiro atoms. The van der Waals surface area contributed by atoms with E-state index in [-0.39, 0.29) is 11.8 Å². The van der Waals surface area contributed by atoms with Gasteiger partial charge in [-0.05, 0) is 48.5 Å². The average molecular weight is 363 g/mol. The van der Waals surface area contributed by atoms with Crippen LogP contribution in [0.4, 0.5) is 11.4 Å². The molecule has 0 aliphatic carbocycles. The van der Waals surface area contributed by atoms with Crippen molar-refractivity contribution < 1.29 is 9.59 Å². The Morgan fingerprint density at radius 3 is 2.29 bits per heavy atom. The summed E-state index contributed by atoms with van der Waals surface area (Å²) in [5.41, 5.74) is 1.51. The zero-order valence-electron chi connectivity index (χ0n) is 13.6. The Labute approximate surface area is 151 Å². The van der Waals surface area contributed by atoms with E-state index in [1.807, 2.05) is 24.3 Å². The van der Waals surface area contributed by atoms with E-state index in [1.54, 1.807) is 48.0 Å². The number of hydrogen-bond acceptors (Lipinski definition) is 3. The van der Waals surface area contributed by atoms with Crippen LogP contribution < -0.4 is 10.2 Å². The summed E-state index contributed by atoms with van der Waals surface area (Å²) in [6.07, 6.45) is 0.419. The number of hydrogen-bond donors (Lipinski definition) is 1. The monoisotopic (exact) mass is 362 g/mol. The molecular weight excluding hydrogens is 344 g/mol. The maximum Gasteiger partial charge on any atom is 0.225 e. The molecule has 0 saturated carbocycles. The molecule has 2 rings (SSSR count). The smallest absolute Gasteiger partial charge is 0.225 e. The molecule has 0 fully saturated rings. The third-order valence-electron chi connectivity index (χ3n) is 3.42. The Morgan fingerprint density at radius 2 is 1.71 bits per heavy atom. The van der Waals surface area contributed by atoms with Crippen LogP contribution in [0.25, 0.3) is 0 Å². The van der Waals surface area contributed by atoms with Gasteiger partial charge in [0.15, 0.2) is 0 Å². The summed E-state index contributed by atoms with van der Waals surface area (Å²) < 4.78 is 0. The first-order valence-electron chi connectivity index (χ1n) is 7.48. The first-order chi connectivity index (χ1) is 11.5. The van der Waals surface area contributed by atoms with E-state index in [0.29, 0.717) is 17.2 Å². The lowest BCUT2D eigenvalue weighted by atomic mass is 10.2. The second-order valence-electron chi connectivity index (χ2n) is 5.23. The summed E-state index contributed by atoms with van der Waals surface area (Å²) in [4.78, 5) is 25.9. The zero-order valence-corrected chi connectivity index (χ0v) is 15.2. The van der Waals surface area contributed by atoms with Crippen molar-refractivity contribution in [3.8, 4) is 0 Å². The summed E-state index contributed by atoms with van der Waals surface area (Å²) >= 11 is 7.45. The molecule has 2 aromatic carbocycles. The van der Waals surface area contributed by atoms with E-state index in [2.05, 4.69) is 5.32 Å². The summed E-state index contributed by atoms with van der Waals surface area (Å²) in [6.45, 7) is 1.51. The topological polar surface area (TPSA) is 49.4 Å². The van der Waals surface area contributed by atoms with Crippen molar-refractivity contribution in [3.05, 3.63) is 53.6 Å². The molecule has 126 valence electrons. The van der Waals surface area contributed by atoms with Gasteiger partial charge in [-0.1, -0.05) is 11.6 Å². The van der Waals surface area contributed by atoms with Crippen LogP contribution in [0.2, 0.25) is 5.02 Å². The number of rotatable bonds is 6. The third kappa shape index (κ3) is 5.58. The minimum atomic E-state index is -0.0378. The van der Waals surface area contributed by atoms with Gasteiger partial charge in [0.05, 0.1) is 0 Å². The van der Waals surface area contributed by atoms with Crippen LogP contribution in [-0.2, 0) is 9.59 Å². The lowest BCUT2D eigenvalue weighted by Crippen LogP contribution is -2.22. The highest BCUT2D eigenvalue weighted by molar-refractivity contribution is 7.99. The molecule has 0 bridgehead atoms. The lowest BCUT2D eigenvalue weighted by molar-refractivity contribution is -0.116. The Hall–Kier alpha value is -1.98. The van der Waals surface area contributed by atoms with Crippen molar-refractivity contribution in [2.45, 2.75) is 18.2 Å². The fraction of sp³-hybridized carbons (Fsp3) is 0.222. The molecule has 0 radical (unpaired) electrons. The molecule has 4 nitrogen and oxygen atoms in total. The molecule has 0 atom stereocenters. The van der Waals surface area contributed by atoms with Gasteiger partial charge in [-0.2, -0.15) is 0 Å². The highest BCUT2D eigenvalue weighted by Gasteiger charge is 2.07. The third-order valence-corrected chi connectivity index (χ3v) is 4.69. The first kappa shape index (κ1) is 18.4. The van der Waals surface area contributed by atoms with Gasteiger partial charge in [-0.25, -0.2) is 0 Å². The molecular formula is C18H19ClN2O2S. The van der Waals surface area contributed by atoms with Crippen molar-refractivity contribution in [1.82, 2.24) is 0 Å². The Kier molecular flexibility index (Phi) is 6.70. The van der Waals surface area contributed by atoms with E-state index in [9.17, 15) is 9.59 Å². The predicted molar refractivity (Wildman–Crippen MR) is 101 cm³/mol. The molecule has 2 aromatic rings. The minimum absolute atomic E-state index is 0.0361. The van der Waals surface area contributed by atoms with Crippen molar-refractivity contribution in [3.63, 3.8) is 0 Å². The van der Waals surface area contributed by atoms with Crippen LogP contribution in [0.5, 0.6) is 0 Å². The van der Waals surface area contributed by atoms with Crippen molar-refractivity contribution in [2.24, 2.45) is 0 Å². The van der Waals surface area contributed by atoms with E-state index in [4.69, 9.17) is 11.6 Å². The predicted octanol–water partition coefficient (Wildman–Crippen LogP) is 4.44. The molecule has 0 aromatic heterocycles. The van der Waals surface area contributed by atoms with E-state index in [1.165, 1.54) is 6.92 Å². The quantitative estimate of drug-likeness (QED) is 0.772. The molecule has 1 N–H and O–H groups in total. The number of nitrogens with zero attached hydrogens (tertiary/aromatic N) is 1. The molecule has 0 aliphatic heterocycles. The van der Waals surface area contributed by atoms with E-state index >= 15 is 0 Å². The molecule has 24 heavy (non-hydrogen) atoms. The normalized spacial score (nSPS) is 10.3. The van der Waals surface area contributed by atoms with Gasteiger partial charge in [0.25, 0.3) is 0 Å². The van der Waals surface area contributed by atoms with Crippen molar-refractivity contribution in [1.29, 1.82) is 0 Å². The fourth-order valence-electron chi connectivity index (χ4n) is 1.97. The van der Waals surface area contributed by atoms with Gasteiger partial charge < -0.3 is 10.2 Å². The van der Waals surface area contributed by atoms with Gasteiger partial charge in [0.1, 0.15) is 0 Å². The zero-order chi connectivity index (χ0) is 17.5. The summed E-state index contributed by atoms with van der Waals surface area (Å²) in [7, 11) is 1.71. The van der Waals surface area contributed by atoms with Crippen LogP contribution in [0, 0.1) is 0 Å². The molecule has 0 saturated heterocycles. The number of anilines is 2. The first-order valence-corrected chi connectivity index (χ1v) is 8.84. The number of halogens is 1. The Bertz CT molecular complexity index is 702. The number of benzene rings is 2. The van der Waals surface area contributed by atoms with Crippen LogP contribution in [0.15, 0.2) is 53.4 Å². The molecule has 6 heteroatoms. The second kappa shape index (κ2) is 8.76. The average Bonchev–Trinajstić information content (AvgIpc) is 2.56. The van der Waals surface area contributed by atoms with Crippen molar-refractivity contribution >= 4 is 46.6 Å². The van der Waals surface area contributed by atoms with Gasteiger partial charge in [0, 0.05) is 47.4 Å². The highest BCUT2D eigenvalue weighted by Crippen LogP contribution is 2.21. The van der Waals surface area contributed by atoms with E-state index in [0.717, 1.165) is 16.3 Å². The summed E-state index contributed by atoms with van der Waals surface area (Å²) in [5, 5.41) is 3.56. The Balaban J connectivity index is 1.79. The lowest BCUT2D eigenvalue weighted by Gasteiger charge is -2.15. The SMILES string of the molecule is CC(=O)N(C)c1ccc(NC(=O)CCSc2ccc(Cl)cc2)cc1. The van der Waals surface area contributed by atoms with Gasteiger partial charge in [-0.15, -0.1) is 11.8 Å². The number of thioether (sulfide) groups is 1. The van der Waals surface area contributed by atoms with Crippen LogP contribution in [0.1, 0.15) is 13.3 Å². The van der Waals surface area contributed by atoms with E-state index < -0.39 is 0 Å². The summed E-state index contributed by atoms with van der Waals surface area (Å²) in [6, 6.07) is 14.7. The molecule has 2 amide bonds. The standard InChI is InChI=1S/C18H19ClN2O2S/c1-13(22)21(2)16-7-5-15(6-8-16)20-18(23)11-12-24-17-9-3-14(19)4-10-17/h3-10H,11-12H2,1-2H3,(H,20,23). The number of carbonyl (C=O) groups excluding carboxylic acids is 2. The molecule has 0 heterocycles. The van der Waals surface area contributed by atoms with Crippen LogP contribution in [-0.4, -0.2) is 24.6 Å². The molecule has 0 unspecified atom stereocenters. The molecule has 0 aliphatic rings. The van der Waals surface area contributed by atoms with Gasteiger partial charge >= 0.3 is 0 Å². The van der Waals surface area contributed by atoms with Crippen molar-refractivity contribution in [2.75, 3.05) is 23.0 Å². The Morgan fingerprint density at radius 1 is 1.08 bits per heavy atom. The van der Waals surface area contributed by atoms with Gasteiger partial charge in [0.2, 0.25) is 11.8 Å². The summed E-state index contributed by atoms with van der Waals surface area (Å²) in [5.74, 6) is 0.619. The maximum absolute atomic E-state index is 12.0. The maximum atomic E-state index is 12.0. The fourth-order valence-corrected chi connectivity index (χ4v) is 2.94. The van der Waals surface area contributed by atoms with Gasteiger partial charge in [-0.3, -0.25) is 9.59 Å². The number of amides is 2. The van der Waals surface area contributed by atoms with Crippen LogP contribution in [0.3, 0.4) is 0 Å². The second-order valence-corrected chi connectivity index (χ2v) is 6.83.